The summed E-state index contributed by atoms with van der Waals surface area (Å²) in [6.45, 7) is 4.77. The van der Waals surface area contributed by atoms with Crippen LogP contribution in [0.3, 0.4) is 0 Å². The van der Waals surface area contributed by atoms with Crippen molar-refractivity contribution < 1.29 is 9.53 Å². The van der Waals surface area contributed by atoms with Gasteiger partial charge in [-0.1, -0.05) is 26.0 Å². The van der Waals surface area contributed by atoms with Crippen molar-refractivity contribution in [2.75, 3.05) is 13.7 Å². The first-order chi connectivity index (χ1) is 10.0. The predicted molar refractivity (Wildman–Crippen MR) is 82.4 cm³/mol. The molecule has 5 nitrogen and oxygen atoms in total. The van der Waals surface area contributed by atoms with E-state index in [-0.39, 0.29) is 5.91 Å². The number of ether oxygens (including phenoxy) is 1. The van der Waals surface area contributed by atoms with Crippen molar-refractivity contribution >= 4 is 5.91 Å². The highest BCUT2D eigenvalue weighted by Gasteiger charge is 2.14. The largest absolute Gasteiger partial charge is 0.497 e. The third-order valence-electron chi connectivity index (χ3n) is 3.15. The Hall–Kier alpha value is -2.30. The maximum atomic E-state index is 12.1. The number of benzene rings is 1. The fourth-order valence-electron chi connectivity index (χ4n) is 1.99. The summed E-state index contributed by atoms with van der Waals surface area (Å²) in [5.74, 6) is 1.08. The first-order valence-electron chi connectivity index (χ1n) is 6.98. The van der Waals surface area contributed by atoms with Crippen LogP contribution in [-0.2, 0) is 7.05 Å². The molecule has 0 bridgehead atoms. The van der Waals surface area contributed by atoms with Crippen molar-refractivity contribution in [3.63, 3.8) is 0 Å². The Bertz CT molecular complexity index is 632. The molecule has 5 heteroatoms. The average molecular weight is 287 g/mol. The Morgan fingerprint density at radius 2 is 2.14 bits per heavy atom. The van der Waals surface area contributed by atoms with Gasteiger partial charge >= 0.3 is 0 Å². The van der Waals surface area contributed by atoms with Gasteiger partial charge in [0.1, 0.15) is 11.4 Å². The number of carbonyl (C=O) groups is 1. The molecule has 0 saturated carbocycles. The Kier molecular flexibility index (Phi) is 4.62. The zero-order chi connectivity index (χ0) is 15.4. The monoisotopic (exact) mass is 287 g/mol. The number of methoxy groups -OCH3 is 1. The van der Waals surface area contributed by atoms with Gasteiger partial charge in [-0.3, -0.25) is 9.48 Å². The van der Waals surface area contributed by atoms with E-state index in [2.05, 4.69) is 24.3 Å². The first-order valence-corrected chi connectivity index (χ1v) is 6.98. The van der Waals surface area contributed by atoms with Gasteiger partial charge in [-0.05, 0) is 24.1 Å². The molecule has 0 unspecified atom stereocenters. The summed E-state index contributed by atoms with van der Waals surface area (Å²) in [5, 5.41) is 7.31. The highest BCUT2D eigenvalue weighted by atomic mass is 16.5. The highest BCUT2D eigenvalue weighted by Crippen LogP contribution is 2.23. The number of hydrogen-bond acceptors (Lipinski definition) is 3. The van der Waals surface area contributed by atoms with Gasteiger partial charge in [0.05, 0.1) is 12.8 Å². The SMILES string of the molecule is COc1cccc(-c2cc(C(=O)NCC(C)C)n(C)n2)c1. The normalized spacial score (nSPS) is 10.7. The number of aryl methyl sites for hydroxylation is 1. The molecule has 0 aliphatic rings. The Morgan fingerprint density at radius 3 is 2.81 bits per heavy atom. The number of carbonyl (C=O) groups excluding carboxylic acids is 1. The number of hydrogen-bond donors (Lipinski definition) is 1. The number of aromatic nitrogens is 2. The summed E-state index contributed by atoms with van der Waals surface area (Å²) in [6, 6.07) is 9.42. The van der Waals surface area contributed by atoms with E-state index in [1.54, 1.807) is 24.9 Å². The quantitative estimate of drug-likeness (QED) is 0.919. The molecule has 1 aromatic heterocycles. The molecule has 0 aliphatic carbocycles. The lowest BCUT2D eigenvalue weighted by molar-refractivity contribution is 0.0939. The van der Waals surface area contributed by atoms with Gasteiger partial charge in [0.15, 0.2) is 0 Å². The minimum Gasteiger partial charge on any atom is -0.497 e. The molecular formula is C16H21N3O2. The Balaban J connectivity index is 2.24. The molecule has 0 saturated heterocycles. The third-order valence-corrected chi connectivity index (χ3v) is 3.15. The fraction of sp³-hybridized carbons (Fsp3) is 0.375. The van der Waals surface area contributed by atoms with Crippen molar-refractivity contribution in [3.05, 3.63) is 36.0 Å². The summed E-state index contributed by atoms with van der Waals surface area (Å²) in [5.41, 5.74) is 2.23. The van der Waals surface area contributed by atoms with E-state index in [1.165, 1.54) is 0 Å². The van der Waals surface area contributed by atoms with E-state index in [0.29, 0.717) is 18.2 Å². The van der Waals surface area contributed by atoms with E-state index in [1.807, 2.05) is 24.3 Å². The van der Waals surface area contributed by atoms with Crippen LogP contribution in [0.25, 0.3) is 11.3 Å². The molecule has 2 aromatic rings. The molecule has 1 heterocycles. The molecular weight excluding hydrogens is 266 g/mol. The van der Waals surface area contributed by atoms with Crippen LogP contribution in [0, 0.1) is 5.92 Å². The van der Waals surface area contributed by atoms with Gasteiger partial charge in [-0.25, -0.2) is 0 Å². The van der Waals surface area contributed by atoms with Crippen LogP contribution in [0.1, 0.15) is 24.3 Å². The highest BCUT2D eigenvalue weighted by molar-refractivity contribution is 5.93. The predicted octanol–water partition coefficient (Wildman–Crippen LogP) is 2.48. The van der Waals surface area contributed by atoms with Crippen LogP contribution >= 0.6 is 0 Å². The number of amides is 1. The minimum atomic E-state index is -0.104. The molecule has 0 spiro atoms. The van der Waals surface area contributed by atoms with Gasteiger partial charge in [0, 0.05) is 19.2 Å². The van der Waals surface area contributed by atoms with Crippen molar-refractivity contribution in [3.8, 4) is 17.0 Å². The molecule has 0 aliphatic heterocycles. The summed E-state index contributed by atoms with van der Waals surface area (Å²) in [7, 11) is 3.40. The topological polar surface area (TPSA) is 56.1 Å². The van der Waals surface area contributed by atoms with Crippen LogP contribution in [0.5, 0.6) is 5.75 Å². The maximum Gasteiger partial charge on any atom is 0.269 e. The number of rotatable bonds is 5. The smallest absolute Gasteiger partial charge is 0.269 e. The second-order valence-corrected chi connectivity index (χ2v) is 5.37. The van der Waals surface area contributed by atoms with E-state index in [9.17, 15) is 4.79 Å². The molecule has 21 heavy (non-hydrogen) atoms. The summed E-state index contributed by atoms with van der Waals surface area (Å²) in [6.07, 6.45) is 0. The Morgan fingerprint density at radius 1 is 1.38 bits per heavy atom. The van der Waals surface area contributed by atoms with Gasteiger partial charge in [-0.2, -0.15) is 5.10 Å². The maximum absolute atomic E-state index is 12.1. The van der Waals surface area contributed by atoms with Crippen molar-refractivity contribution in [1.82, 2.24) is 15.1 Å². The summed E-state index contributed by atoms with van der Waals surface area (Å²) < 4.78 is 6.81. The standard InChI is InChI=1S/C16H21N3O2/c1-11(2)10-17-16(20)15-9-14(18-19(15)3)12-6-5-7-13(8-12)21-4/h5-9,11H,10H2,1-4H3,(H,17,20). The molecule has 112 valence electrons. The fourth-order valence-corrected chi connectivity index (χ4v) is 1.99. The van der Waals surface area contributed by atoms with Gasteiger partial charge in [0.2, 0.25) is 0 Å². The van der Waals surface area contributed by atoms with Gasteiger partial charge < -0.3 is 10.1 Å². The minimum absolute atomic E-state index is 0.104. The third kappa shape index (κ3) is 3.62. The zero-order valence-electron chi connectivity index (χ0n) is 12.9. The van der Waals surface area contributed by atoms with Gasteiger partial charge in [0.25, 0.3) is 5.91 Å². The summed E-state index contributed by atoms with van der Waals surface area (Å²) in [4.78, 5) is 12.1. The summed E-state index contributed by atoms with van der Waals surface area (Å²) >= 11 is 0. The van der Waals surface area contributed by atoms with E-state index in [4.69, 9.17) is 4.74 Å². The zero-order valence-corrected chi connectivity index (χ0v) is 12.9. The second-order valence-electron chi connectivity index (χ2n) is 5.37. The van der Waals surface area contributed by atoms with Crippen LogP contribution in [0.4, 0.5) is 0 Å². The molecule has 1 aromatic carbocycles. The lowest BCUT2D eigenvalue weighted by Crippen LogP contribution is -2.28. The van der Waals surface area contributed by atoms with E-state index < -0.39 is 0 Å². The number of nitrogens with one attached hydrogen (secondary N) is 1. The second kappa shape index (κ2) is 6.43. The van der Waals surface area contributed by atoms with E-state index >= 15 is 0 Å². The van der Waals surface area contributed by atoms with Crippen molar-refractivity contribution in [2.24, 2.45) is 13.0 Å². The average Bonchev–Trinajstić information content (AvgIpc) is 2.87. The molecule has 0 atom stereocenters. The van der Waals surface area contributed by atoms with E-state index in [0.717, 1.165) is 17.0 Å². The molecule has 1 N–H and O–H groups in total. The van der Waals surface area contributed by atoms with Crippen molar-refractivity contribution in [2.45, 2.75) is 13.8 Å². The van der Waals surface area contributed by atoms with Crippen LogP contribution in [-0.4, -0.2) is 29.3 Å². The molecule has 2 rings (SSSR count). The molecule has 0 radical (unpaired) electrons. The number of nitrogens with zero attached hydrogens (tertiary/aromatic N) is 2. The molecule has 1 amide bonds. The van der Waals surface area contributed by atoms with Gasteiger partial charge in [-0.15, -0.1) is 0 Å². The lowest BCUT2D eigenvalue weighted by Gasteiger charge is -2.06. The van der Waals surface area contributed by atoms with Crippen LogP contribution < -0.4 is 10.1 Å². The Labute approximate surface area is 124 Å². The molecule has 0 fully saturated rings. The van der Waals surface area contributed by atoms with Crippen LogP contribution in [0.2, 0.25) is 0 Å². The first kappa shape index (κ1) is 15.1. The lowest BCUT2D eigenvalue weighted by atomic mass is 10.1. The van der Waals surface area contributed by atoms with Crippen LogP contribution in [0.15, 0.2) is 30.3 Å². The van der Waals surface area contributed by atoms with Crippen molar-refractivity contribution in [1.29, 1.82) is 0 Å².